The van der Waals surface area contributed by atoms with Gasteiger partial charge >= 0.3 is 6.09 Å². The summed E-state index contributed by atoms with van der Waals surface area (Å²) in [4.78, 5) is 34.6. The fraction of sp³-hybridized carbons (Fsp3) is 0.571. The molecule has 4 rings (SSSR count). The fourth-order valence-electron chi connectivity index (χ4n) is 4.29. The number of aromatic nitrogens is 1. The van der Waals surface area contributed by atoms with Gasteiger partial charge in [-0.25, -0.2) is 9.78 Å². The average molecular weight is 418 g/mol. The van der Waals surface area contributed by atoms with E-state index in [1.165, 1.54) is 16.0 Å². The Morgan fingerprint density at radius 1 is 1.17 bits per heavy atom. The second-order valence-corrected chi connectivity index (χ2v) is 8.78. The fourth-order valence-corrected chi connectivity index (χ4v) is 5.45. The highest BCUT2D eigenvalue weighted by molar-refractivity contribution is 7.18. The van der Waals surface area contributed by atoms with Crippen LogP contribution in [0.2, 0.25) is 0 Å². The molecule has 0 radical (unpaired) electrons. The summed E-state index contributed by atoms with van der Waals surface area (Å²) in [6.07, 6.45) is 3.15. The third-order valence-corrected chi connectivity index (χ3v) is 7.03. The van der Waals surface area contributed by atoms with E-state index < -0.39 is 0 Å². The lowest BCUT2D eigenvalue weighted by Crippen LogP contribution is -3.14. The zero-order valence-corrected chi connectivity index (χ0v) is 17.7. The molecule has 7 nitrogen and oxygen atoms in total. The highest BCUT2D eigenvalue weighted by Gasteiger charge is 2.34. The summed E-state index contributed by atoms with van der Waals surface area (Å²) in [6, 6.07) is 8.55. The van der Waals surface area contributed by atoms with E-state index in [1.807, 2.05) is 11.0 Å². The number of rotatable bonds is 4. The Morgan fingerprint density at radius 2 is 1.93 bits per heavy atom. The third kappa shape index (κ3) is 4.53. The molecule has 2 aliphatic rings. The molecule has 2 amide bonds. The summed E-state index contributed by atoms with van der Waals surface area (Å²) in [7, 11) is 0. The van der Waals surface area contributed by atoms with Crippen molar-refractivity contribution in [3.8, 4) is 0 Å². The van der Waals surface area contributed by atoms with E-state index >= 15 is 0 Å². The van der Waals surface area contributed by atoms with Crippen molar-refractivity contribution in [2.75, 3.05) is 45.9 Å². The lowest BCUT2D eigenvalue weighted by molar-refractivity contribution is -0.929. The lowest BCUT2D eigenvalue weighted by Gasteiger charge is -2.36. The van der Waals surface area contributed by atoms with Crippen molar-refractivity contribution in [1.29, 1.82) is 0 Å². The number of likely N-dealkylation sites (tertiary alicyclic amines) is 1. The van der Waals surface area contributed by atoms with Crippen LogP contribution in [-0.4, -0.2) is 72.7 Å². The molecule has 0 bridgehead atoms. The predicted molar refractivity (Wildman–Crippen MR) is 112 cm³/mol. The van der Waals surface area contributed by atoms with E-state index in [1.54, 1.807) is 23.2 Å². The number of thiazole rings is 1. The molecule has 0 spiro atoms. The Kier molecular flexibility index (Phi) is 6.30. The Labute approximate surface area is 175 Å². The number of amides is 2. The lowest BCUT2D eigenvalue weighted by atomic mass is 10.0. The number of quaternary nitrogens is 1. The van der Waals surface area contributed by atoms with Crippen LogP contribution in [0.3, 0.4) is 0 Å². The summed E-state index contributed by atoms with van der Waals surface area (Å²) >= 11 is 1.76. The second-order valence-electron chi connectivity index (χ2n) is 7.72. The Morgan fingerprint density at radius 3 is 2.69 bits per heavy atom. The standard InChI is InChI=1S/C21H28N4O3S/c1-2-28-21(27)24-13-11-23(12-14-24)19(26)15-25-10-6-5-8-17(25)20-22-16-7-3-4-9-18(16)29-20/h3-4,7,9,17H,2,5-6,8,10-15H2,1H3/p+1/t17-/m0/s1. The zero-order chi connectivity index (χ0) is 20.2. The number of nitrogens with zero attached hydrogens (tertiary/aromatic N) is 3. The molecule has 0 aliphatic carbocycles. The maximum atomic E-state index is 13.0. The highest BCUT2D eigenvalue weighted by atomic mass is 32.1. The first-order valence-corrected chi connectivity index (χ1v) is 11.4. The molecule has 156 valence electrons. The van der Waals surface area contributed by atoms with Crippen molar-refractivity contribution < 1.29 is 19.2 Å². The van der Waals surface area contributed by atoms with Crippen molar-refractivity contribution in [2.24, 2.45) is 0 Å². The smallest absolute Gasteiger partial charge is 0.409 e. The molecular formula is C21H29N4O3S+. The van der Waals surface area contributed by atoms with Gasteiger partial charge in [-0.2, -0.15) is 0 Å². The number of ether oxygens (including phenoxy) is 1. The topological polar surface area (TPSA) is 67.2 Å². The minimum absolute atomic E-state index is 0.177. The van der Waals surface area contributed by atoms with Crippen LogP contribution in [0.5, 0.6) is 0 Å². The quantitative estimate of drug-likeness (QED) is 0.823. The first-order valence-electron chi connectivity index (χ1n) is 10.5. The van der Waals surface area contributed by atoms with Gasteiger partial charge in [0.15, 0.2) is 11.6 Å². The highest BCUT2D eigenvalue weighted by Crippen LogP contribution is 2.28. The third-order valence-electron chi connectivity index (χ3n) is 5.88. The van der Waals surface area contributed by atoms with Gasteiger partial charge < -0.3 is 19.4 Å². The molecule has 3 heterocycles. The summed E-state index contributed by atoms with van der Waals surface area (Å²) in [6.45, 7) is 5.94. The number of nitrogens with one attached hydrogen (secondary N) is 1. The van der Waals surface area contributed by atoms with Crippen LogP contribution in [0.15, 0.2) is 24.3 Å². The molecule has 0 saturated carbocycles. The molecule has 1 aromatic carbocycles. The van der Waals surface area contributed by atoms with Crippen molar-refractivity contribution >= 4 is 33.6 Å². The monoisotopic (exact) mass is 417 g/mol. The van der Waals surface area contributed by atoms with E-state index in [0.29, 0.717) is 45.4 Å². The van der Waals surface area contributed by atoms with Gasteiger partial charge in [0.25, 0.3) is 5.91 Å². The molecule has 2 atom stereocenters. The average Bonchev–Trinajstić information content (AvgIpc) is 3.18. The van der Waals surface area contributed by atoms with Crippen LogP contribution in [-0.2, 0) is 9.53 Å². The van der Waals surface area contributed by atoms with Gasteiger partial charge in [-0.05, 0) is 31.9 Å². The van der Waals surface area contributed by atoms with Crippen LogP contribution >= 0.6 is 11.3 Å². The Hall–Kier alpha value is -2.19. The number of hydrogen-bond acceptors (Lipinski definition) is 5. The van der Waals surface area contributed by atoms with Gasteiger partial charge in [0.1, 0.15) is 6.04 Å². The summed E-state index contributed by atoms with van der Waals surface area (Å²) in [5.74, 6) is 0.177. The maximum Gasteiger partial charge on any atom is 0.409 e. The van der Waals surface area contributed by atoms with E-state index in [9.17, 15) is 9.59 Å². The largest absolute Gasteiger partial charge is 0.450 e. The summed E-state index contributed by atoms with van der Waals surface area (Å²) < 4.78 is 6.28. The van der Waals surface area contributed by atoms with E-state index in [2.05, 4.69) is 18.2 Å². The number of piperidine rings is 1. The molecule has 1 N–H and O–H groups in total. The molecule has 2 fully saturated rings. The molecule has 1 unspecified atom stereocenters. The van der Waals surface area contributed by atoms with Crippen molar-refractivity contribution in [1.82, 2.24) is 14.8 Å². The summed E-state index contributed by atoms with van der Waals surface area (Å²) in [5.41, 5.74) is 1.05. The van der Waals surface area contributed by atoms with Crippen molar-refractivity contribution in [2.45, 2.75) is 32.2 Å². The molecule has 8 heteroatoms. The van der Waals surface area contributed by atoms with E-state index in [4.69, 9.17) is 9.72 Å². The van der Waals surface area contributed by atoms with Crippen molar-refractivity contribution in [3.63, 3.8) is 0 Å². The summed E-state index contributed by atoms with van der Waals surface area (Å²) in [5, 5.41) is 1.15. The predicted octanol–water partition coefficient (Wildman–Crippen LogP) is 1.71. The van der Waals surface area contributed by atoms with Gasteiger partial charge in [-0.1, -0.05) is 12.1 Å². The minimum Gasteiger partial charge on any atom is -0.450 e. The van der Waals surface area contributed by atoms with Gasteiger partial charge in [-0.15, -0.1) is 11.3 Å². The molecular weight excluding hydrogens is 388 g/mol. The number of carbonyl (C=O) groups excluding carboxylic acids is 2. The van der Waals surface area contributed by atoms with Crippen molar-refractivity contribution in [3.05, 3.63) is 29.3 Å². The van der Waals surface area contributed by atoms with Gasteiger partial charge in [0, 0.05) is 32.6 Å². The maximum absolute atomic E-state index is 13.0. The SMILES string of the molecule is CCOC(=O)N1CCN(C(=O)C[NH+]2CCCC[C@H]2c2nc3ccccc3s2)CC1. The van der Waals surface area contributed by atoms with E-state index in [-0.39, 0.29) is 12.0 Å². The number of hydrogen-bond donors (Lipinski definition) is 1. The van der Waals surface area contributed by atoms with Gasteiger partial charge in [0.05, 0.1) is 23.4 Å². The normalized spacial score (nSPS) is 22.7. The van der Waals surface area contributed by atoms with Crippen LogP contribution in [0.1, 0.15) is 37.2 Å². The van der Waals surface area contributed by atoms with Crippen LogP contribution in [0.4, 0.5) is 4.79 Å². The molecule has 2 aromatic rings. The molecule has 2 aliphatic heterocycles. The number of carbonyl (C=O) groups is 2. The number of piperazine rings is 1. The van der Waals surface area contributed by atoms with Crippen LogP contribution in [0.25, 0.3) is 10.2 Å². The van der Waals surface area contributed by atoms with Gasteiger partial charge in [0.2, 0.25) is 0 Å². The number of para-hydroxylation sites is 1. The first kappa shape index (κ1) is 20.1. The van der Waals surface area contributed by atoms with Gasteiger partial charge in [-0.3, -0.25) is 4.79 Å². The number of fused-ring (bicyclic) bond motifs is 1. The Bertz CT molecular complexity index is 829. The van der Waals surface area contributed by atoms with Crippen LogP contribution < -0.4 is 4.90 Å². The second kappa shape index (κ2) is 9.09. The first-order chi connectivity index (χ1) is 14.2. The minimum atomic E-state index is -0.280. The van der Waals surface area contributed by atoms with E-state index in [0.717, 1.165) is 29.9 Å². The zero-order valence-electron chi connectivity index (χ0n) is 16.9. The molecule has 2 saturated heterocycles. The Balaban J connectivity index is 1.38. The number of benzene rings is 1. The van der Waals surface area contributed by atoms with Crippen LogP contribution in [0, 0.1) is 0 Å². The molecule has 29 heavy (non-hydrogen) atoms. The molecule has 1 aromatic heterocycles.